The molecule has 0 aliphatic heterocycles. The van der Waals surface area contributed by atoms with E-state index in [1.54, 1.807) is 19.1 Å². The molecule has 13 nitrogen and oxygen atoms in total. The van der Waals surface area contributed by atoms with Crippen LogP contribution in [-0.4, -0.2) is 45.0 Å². The number of nitro benzene ring substituents is 1. The molecule has 4 N–H and O–H groups in total. The molecule has 0 unspecified atom stereocenters. The molecule has 3 amide bonds. The van der Waals surface area contributed by atoms with Gasteiger partial charge in [0.05, 0.1) is 24.2 Å². The molecule has 1 heterocycles. The Morgan fingerprint density at radius 2 is 1.97 bits per heavy atom. The maximum atomic E-state index is 12.1. The number of ether oxygens (including phenoxy) is 1. The number of phenols is 1. The molecule has 0 fully saturated rings. The van der Waals surface area contributed by atoms with Gasteiger partial charge in [-0.2, -0.15) is 5.10 Å². The summed E-state index contributed by atoms with van der Waals surface area (Å²) in [6, 6.07) is 9.40. The molecule has 3 aromatic rings. The lowest BCUT2D eigenvalue weighted by Gasteiger charge is -2.05. The van der Waals surface area contributed by atoms with Crippen molar-refractivity contribution in [2.45, 2.75) is 13.3 Å². The number of aromatic nitrogens is 2. The van der Waals surface area contributed by atoms with Gasteiger partial charge in [0, 0.05) is 17.8 Å². The zero-order valence-corrected chi connectivity index (χ0v) is 18.5. The number of amides is 3. The van der Waals surface area contributed by atoms with E-state index in [4.69, 9.17) is 4.74 Å². The van der Waals surface area contributed by atoms with Crippen LogP contribution >= 0.6 is 11.3 Å². The number of nitrogens with zero attached hydrogens (tertiary/aromatic N) is 4. The number of nitrogens with one attached hydrogen (secondary N) is 3. The molecule has 0 saturated carbocycles. The van der Waals surface area contributed by atoms with E-state index < -0.39 is 16.9 Å². The van der Waals surface area contributed by atoms with E-state index in [0.29, 0.717) is 28.6 Å². The highest BCUT2D eigenvalue weighted by Gasteiger charge is 2.12. The van der Waals surface area contributed by atoms with Crippen LogP contribution in [0.15, 0.2) is 47.6 Å². The molecule has 0 spiro atoms. The Kier molecular flexibility index (Phi) is 8.02. The van der Waals surface area contributed by atoms with Crippen molar-refractivity contribution in [1.29, 1.82) is 0 Å². The second-order valence-corrected chi connectivity index (χ2v) is 7.58. The zero-order valence-electron chi connectivity index (χ0n) is 17.7. The number of anilines is 2. The van der Waals surface area contributed by atoms with E-state index in [0.717, 1.165) is 11.3 Å². The molecule has 0 atom stereocenters. The molecule has 14 heteroatoms. The molecule has 0 radical (unpaired) electrons. The number of hydrogen-bond acceptors (Lipinski definition) is 10. The molecule has 0 saturated heterocycles. The third-order valence-electron chi connectivity index (χ3n) is 4.02. The van der Waals surface area contributed by atoms with E-state index in [1.807, 2.05) is 0 Å². The molecular weight excluding hydrogens is 466 g/mol. The highest BCUT2D eigenvalue weighted by Crippen LogP contribution is 2.26. The van der Waals surface area contributed by atoms with Crippen molar-refractivity contribution in [3.05, 3.63) is 63.1 Å². The first-order valence-corrected chi connectivity index (χ1v) is 10.6. The first kappa shape index (κ1) is 24.1. The van der Waals surface area contributed by atoms with E-state index in [1.165, 1.54) is 36.5 Å². The van der Waals surface area contributed by atoms with Gasteiger partial charge in [0.25, 0.3) is 5.69 Å². The predicted molar refractivity (Wildman–Crippen MR) is 124 cm³/mol. The van der Waals surface area contributed by atoms with Gasteiger partial charge < -0.3 is 15.2 Å². The Morgan fingerprint density at radius 3 is 2.65 bits per heavy atom. The second-order valence-electron chi connectivity index (χ2n) is 6.51. The van der Waals surface area contributed by atoms with Crippen LogP contribution in [0, 0.1) is 10.1 Å². The molecule has 0 aliphatic carbocycles. The van der Waals surface area contributed by atoms with Crippen molar-refractivity contribution < 1.29 is 24.4 Å². The summed E-state index contributed by atoms with van der Waals surface area (Å²) in [5.41, 5.74) is 3.16. The van der Waals surface area contributed by atoms with Crippen molar-refractivity contribution in [2.75, 3.05) is 17.2 Å². The van der Waals surface area contributed by atoms with Gasteiger partial charge in [-0.25, -0.2) is 10.2 Å². The normalized spacial score (nSPS) is 10.6. The van der Waals surface area contributed by atoms with Crippen LogP contribution in [0.2, 0.25) is 0 Å². The molecule has 34 heavy (non-hydrogen) atoms. The van der Waals surface area contributed by atoms with E-state index in [2.05, 4.69) is 31.4 Å². The van der Waals surface area contributed by atoms with Crippen LogP contribution in [0.4, 0.5) is 21.3 Å². The highest BCUT2D eigenvalue weighted by molar-refractivity contribution is 7.15. The molecule has 176 valence electrons. The Balaban J connectivity index is 1.46. The minimum absolute atomic E-state index is 0.0383. The number of benzene rings is 2. The lowest BCUT2D eigenvalue weighted by Crippen LogP contribution is -2.19. The number of nitro groups is 1. The fourth-order valence-electron chi connectivity index (χ4n) is 2.55. The number of non-ortho nitro benzene ring substituents is 1. The van der Waals surface area contributed by atoms with Gasteiger partial charge in [-0.1, -0.05) is 11.3 Å². The van der Waals surface area contributed by atoms with Crippen LogP contribution in [-0.2, 0) is 11.2 Å². The molecule has 0 bridgehead atoms. The zero-order chi connectivity index (χ0) is 24.5. The Hall–Kier alpha value is -4.59. The van der Waals surface area contributed by atoms with E-state index in [-0.39, 0.29) is 23.0 Å². The van der Waals surface area contributed by atoms with Crippen LogP contribution in [0.25, 0.3) is 0 Å². The van der Waals surface area contributed by atoms with Gasteiger partial charge >= 0.3 is 6.03 Å². The van der Waals surface area contributed by atoms with Gasteiger partial charge in [0.2, 0.25) is 11.0 Å². The third-order valence-corrected chi connectivity index (χ3v) is 4.86. The summed E-state index contributed by atoms with van der Waals surface area (Å²) < 4.78 is 5.24. The predicted octanol–water partition coefficient (Wildman–Crippen LogP) is 2.89. The highest BCUT2D eigenvalue weighted by atomic mass is 32.1. The van der Waals surface area contributed by atoms with Gasteiger partial charge in [0.1, 0.15) is 5.01 Å². The van der Waals surface area contributed by atoms with Gasteiger partial charge in [-0.15, -0.1) is 10.2 Å². The number of phenolic OH excluding ortho intramolecular Hbond substituents is 1. The summed E-state index contributed by atoms with van der Waals surface area (Å²) in [7, 11) is 0. The quantitative estimate of drug-likeness (QED) is 0.203. The summed E-state index contributed by atoms with van der Waals surface area (Å²) in [4.78, 5) is 34.2. The molecule has 1 aromatic heterocycles. The largest absolute Gasteiger partial charge is 0.504 e. The summed E-state index contributed by atoms with van der Waals surface area (Å²) in [5, 5.41) is 37.5. The average Bonchev–Trinajstić information content (AvgIpc) is 3.22. The topological polar surface area (TPSA) is 181 Å². The number of carbonyl (C=O) groups excluding carboxylic acids is 2. The number of carbonyl (C=O) groups is 2. The van der Waals surface area contributed by atoms with E-state index in [9.17, 15) is 24.8 Å². The summed E-state index contributed by atoms with van der Waals surface area (Å²) in [6.07, 6.45) is 1.25. The maximum Gasteiger partial charge on any atom is 0.325 e. The first-order valence-electron chi connectivity index (χ1n) is 9.76. The van der Waals surface area contributed by atoms with Crippen molar-refractivity contribution >= 4 is 46.0 Å². The van der Waals surface area contributed by atoms with Crippen LogP contribution in [0.1, 0.15) is 17.5 Å². The lowest BCUT2D eigenvalue weighted by atomic mass is 10.2. The van der Waals surface area contributed by atoms with Crippen LogP contribution in [0.5, 0.6) is 11.5 Å². The summed E-state index contributed by atoms with van der Waals surface area (Å²) in [6.45, 7) is 2.22. The number of urea groups is 1. The minimum atomic E-state index is -0.621. The first-order chi connectivity index (χ1) is 16.3. The van der Waals surface area contributed by atoms with Crippen molar-refractivity contribution in [1.82, 2.24) is 15.6 Å². The number of aromatic hydroxyl groups is 1. The lowest BCUT2D eigenvalue weighted by molar-refractivity contribution is -0.384. The number of rotatable bonds is 9. The summed E-state index contributed by atoms with van der Waals surface area (Å²) >= 11 is 1.00. The Morgan fingerprint density at radius 1 is 1.21 bits per heavy atom. The number of hydrazone groups is 1. The SMILES string of the molecule is CCOc1ccc(/C=N\NC(=O)Cc2nnc(NC(=O)Nc3ccc([N+](=O)[O-])cc3)s2)cc1O. The molecule has 0 aliphatic rings. The smallest absolute Gasteiger partial charge is 0.325 e. The van der Waals surface area contributed by atoms with Crippen LogP contribution in [0.3, 0.4) is 0 Å². The average molecular weight is 485 g/mol. The third kappa shape index (κ3) is 6.96. The van der Waals surface area contributed by atoms with E-state index >= 15 is 0 Å². The summed E-state index contributed by atoms with van der Waals surface area (Å²) in [5.74, 6) is -0.140. The Labute approximate surface area is 196 Å². The van der Waals surface area contributed by atoms with Crippen molar-refractivity contribution in [2.24, 2.45) is 5.10 Å². The maximum absolute atomic E-state index is 12.1. The standard InChI is InChI=1S/C20H19N7O6S/c1-2-33-16-8-3-12(9-15(16)28)11-21-24-17(29)10-18-25-26-20(34-18)23-19(30)22-13-4-6-14(7-5-13)27(31)32/h3-9,11,28H,2,10H2,1H3,(H,24,29)(H2,22,23,26,30)/b21-11-. The molecule has 2 aromatic carbocycles. The Bertz CT molecular complexity index is 1210. The van der Waals surface area contributed by atoms with Gasteiger partial charge in [-0.3, -0.25) is 20.2 Å². The minimum Gasteiger partial charge on any atom is -0.504 e. The second kappa shape index (κ2) is 11.3. The van der Waals surface area contributed by atoms with Crippen molar-refractivity contribution in [3.8, 4) is 11.5 Å². The monoisotopic (exact) mass is 485 g/mol. The fraction of sp³-hybridized carbons (Fsp3) is 0.150. The fourth-order valence-corrected chi connectivity index (χ4v) is 3.28. The van der Waals surface area contributed by atoms with Gasteiger partial charge in [-0.05, 0) is 42.8 Å². The molecular formula is C20H19N7O6S. The molecule has 3 rings (SSSR count). The van der Waals surface area contributed by atoms with Crippen LogP contribution < -0.4 is 20.8 Å². The van der Waals surface area contributed by atoms with Gasteiger partial charge in [0.15, 0.2) is 11.5 Å². The number of hydrogen-bond donors (Lipinski definition) is 4. The van der Waals surface area contributed by atoms with Crippen molar-refractivity contribution in [3.63, 3.8) is 0 Å².